The van der Waals surface area contributed by atoms with Gasteiger partial charge in [-0.3, -0.25) is 62.3 Å². The minimum absolute atomic E-state index is 0.0102. The number of primary amides is 1. The number of nitrogens with two attached hydrogens (primary N) is 1. The van der Waals surface area contributed by atoms with Crippen molar-refractivity contribution in [3.8, 4) is 11.5 Å². The number of aliphatic hydroxyl groups is 1. The smallest absolute Gasteiger partial charge is 0.305 e. The molecule has 0 radical (unpaired) electrons. The summed E-state index contributed by atoms with van der Waals surface area (Å²) in [4.78, 5) is 208. The molecule has 10 amide bonds. The van der Waals surface area contributed by atoms with Crippen LogP contribution in [-0.4, -0.2) is 181 Å². The maximum atomic E-state index is 15.5. The molecule has 1 saturated carbocycles. The van der Waals surface area contributed by atoms with Crippen molar-refractivity contribution in [3.05, 3.63) is 167 Å². The summed E-state index contributed by atoms with van der Waals surface area (Å²) in [6.07, 6.45) is 0.803. The number of Topliss-reactive ketones (excluding diaryl/α,β-unsaturated/α-hetero) is 3. The van der Waals surface area contributed by atoms with E-state index in [1.54, 1.807) is 137 Å². The summed E-state index contributed by atoms with van der Waals surface area (Å²) < 4.78 is 12.8. The highest BCUT2D eigenvalue weighted by molar-refractivity contribution is 7.98. The maximum Gasteiger partial charge on any atom is 0.305 e. The fourth-order valence-electron chi connectivity index (χ4n) is 15.6. The van der Waals surface area contributed by atoms with Crippen LogP contribution in [0.15, 0.2) is 128 Å². The average Bonchev–Trinajstić information content (AvgIpc) is 1.73. The molecule has 1 saturated heterocycles. The van der Waals surface area contributed by atoms with Crippen molar-refractivity contribution >= 4 is 116 Å². The number of aliphatic carboxylic acids is 1. The number of amides is 10. The summed E-state index contributed by atoms with van der Waals surface area (Å²) in [5.74, 6) is -14.9. The van der Waals surface area contributed by atoms with Gasteiger partial charge in [-0.25, -0.2) is 0 Å². The molecule has 14 N–H and O–H groups in total. The number of hydrogen-bond donors (Lipinski definition) is 13. The number of fused-ring (bicyclic) bond motifs is 33. The Balaban J connectivity index is 0.942. The minimum Gasteiger partial charge on any atom is -0.489 e. The monoisotopic (exact) mass is 1620 g/mol. The number of carboxylic acid groups (broad SMARTS) is 1. The second-order valence-electron chi connectivity index (χ2n) is 31.6. The molecule has 620 valence electrons. The van der Waals surface area contributed by atoms with Crippen LogP contribution in [0.2, 0.25) is 0 Å². The number of H-pyrrole nitrogens is 2. The first-order valence-corrected chi connectivity index (χ1v) is 40.8. The number of para-hydroxylation sites is 2. The zero-order valence-electron chi connectivity index (χ0n) is 66.0. The van der Waals surface area contributed by atoms with Crippen LogP contribution >= 0.6 is 11.8 Å². The predicted molar refractivity (Wildman–Crippen MR) is 433 cm³/mol. The molecular formula is C86H102N12O18S. The molecule has 0 unspecified atom stereocenters. The molecule has 10 bridgehead atoms. The second kappa shape index (κ2) is 39.7. The highest BCUT2D eigenvalue weighted by atomic mass is 32.2. The third-order valence-electron chi connectivity index (χ3n) is 21.9. The molecule has 12 atom stereocenters. The molecule has 31 heteroatoms. The topological polar surface area (TPSA) is 455 Å². The number of aromatic amines is 2. The maximum absolute atomic E-state index is 15.5. The summed E-state index contributed by atoms with van der Waals surface area (Å²) in [5.41, 5.74) is 11.9. The molecule has 13 rings (SSSR count). The second-order valence-corrected chi connectivity index (χ2v) is 32.6. The normalized spacial score (nSPS) is 24.8. The summed E-state index contributed by atoms with van der Waals surface area (Å²) in [5, 5.41) is 44.6. The van der Waals surface area contributed by atoms with Gasteiger partial charge in [0, 0.05) is 103 Å². The Bertz CT molecular complexity index is 4850. The van der Waals surface area contributed by atoms with Gasteiger partial charge in [0.2, 0.25) is 59.1 Å². The first kappa shape index (κ1) is 86.1. The number of ether oxygens (including phenoxy) is 2. The summed E-state index contributed by atoms with van der Waals surface area (Å²) in [6.45, 7) is 7.18. The van der Waals surface area contributed by atoms with Crippen molar-refractivity contribution in [2.75, 3.05) is 18.8 Å². The van der Waals surface area contributed by atoms with Crippen molar-refractivity contribution in [2.45, 2.75) is 191 Å². The Kier molecular flexibility index (Phi) is 29.3. The van der Waals surface area contributed by atoms with E-state index in [9.17, 15) is 67.7 Å². The van der Waals surface area contributed by atoms with E-state index in [1.165, 1.54) is 23.6 Å². The number of aromatic nitrogens is 2. The lowest BCUT2D eigenvalue weighted by Gasteiger charge is -2.32. The summed E-state index contributed by atoms with van der Waals surface area (Å²) in [7, 11) is 0. The van der Waals surface area contributed by atoms with Crippen LogP contribution in [0.4, 0.5) is 0 Å². The highest BCUT2D eigenvalue weighted by Crippen LogP contribution is 2.32. The van der Waals surface area contributed by atoms with Gasteiger partial charge in [-0.1, -0.05) is 107 Å². The number of carboxylic acids is 1. The largest absolute Gasteiger partial charge is 0.489 e. The molecule has 6 aliphatic rings. The Morgan fingerprint density at radius 2 is 1.11 bits per heavy atom. The summed E-state index contributed by atoms with van der Waals surface area (Å²) in [6, 6.07) is 22.5. The molecule has 1 aliphatic carbocycles. The van der Waals surface area contributed by atoms with Crippen LogP contribution in [0, 0.1) is 29.6 Å². The van der Waals surface area contributed by atoms with Crippen molar-refractivity contribution in [2.24, 2.45) is 35.3 Å². The van der Waals surface area contributed by atoms with E-state index in [2.05, 4.69) is 52.5 Å². The average molecular weight is 1620 g/mol. The molecular weight excluding hydrogens is 1520 g/mol. The van der Waals surface area contributed by atoms with Gasteiger partial charge < -0.3 is 87.6 Å². The number of thioether (sulfide) groups is 1. The number of aliphatic hydroxyl groups excluding tert-OH is 1. The zero-order valence-corrected chi connectivity index (χ0v) is 66.8. The predicted octanol–water partition coefficient (Wildman–Crippen LogP) is 4.70. The van der Waals surface area contributed by atoms with E-state index in [0.29, 0.717) is 73.1 Å². The van der Waals surface area contributed by atoms with Crippen LogP contribution in [0.1, 0.15) is 131 Å². The van der Waals surface area contributed by atoms with Crippen molar-refractivity contribution in [1.29, 1.82) is 0 Å². The number of nitrogens with one attached hydrogen (secondary N) is 10. The van der Waals surface area contributed by atoms with Crippen LogP contribution in [-0.2, 0) is 112 Å². The molecule has 2 fully saturated rings. The van der Waals surface area contributed by atoms with Gasteiger partial charge in [0.25, 0.3) is 0 Å². The van der Waals surface area contributed by atoms with Crippen molar-refractivity contribution < 1.29 is 86.8 Å². The fraction of sp³-hybridized carbons (Fsp3) is 0.442. The van der Waals surface area contributed by atoms with E-state index in [1.807, 2.05) is 18.2 Å². The third-order valence-corrected chi connectivity index (χ3v) is 23.0. The SMILES string of the molecule is CC(=O)C[C@H]1Cc2ccc(cc2)OCc2cc3cc(c2)CSC[C@H](NC(=O)[C@@H]2CCC[C@@H](O)[C@H](CC1=O)C(=O)C2)C(=O)N[C@@H](Cc1c[nH]c2ccccc12)C(=O)N[C@@H](C(C)C)C(=O)N[C@@H](CC(=O)O)C(=O)NCC(=O)N[C@@H](Cc1c[nH]c2ccccc12)C(=O)N[C@@H](C(C)C)C(=O)N1CCC[C@H]1C(=O)N[C@H](C(N)=O)Cc1ccc(cc1)OC3. The van der Waals surface area contributed by atoms with Gasteiger partial charge in [0.15, 0.2) is 0 Å². The van der Waals surface area contributed by atoms with Crippen LogP contribution in [0.5, 0.6) is 11.5 Å². The van der Waals surface area contributed by atoms with E-state index in [4.69, 9.17) is 15.2 Å². The van der Waals surface area contributed by atoms with Crippen LogP contribution in [0.3, 0.4) is 0 Å². The lowest BCUT2D eigenvalue weighted by atomic mass is 9.77. The number of carbonyl (C=O) groups is 14. The number of rotatable bonds is 11. The van der Waals surface area contributed by atoms with E-state index >= 15 is 9.59 Å². The van der Waals surface area contributed by atoms with E-state index < -0.39 is 186 Å². The Morgan fingerprint density at radius 1 is 0.547 bits per heavy atom. The Labute approximate surface area is 680 Å². The standard InChI is InChI=1S/C86H102N12O18S/c1-46(2)76-85(113)94-68(38-75(104)105)80(108)90-41-74(103)91-66(34-56-39-88-63-15-8-6-13-60(56)63)81(109)97-77(47(3)4)86(114)98-27-11-17-70(98)84(112)92-65(78(87)106)33-50-21-25-59(26-22-50)116-43-52-29-51-30-53(31-52)44-117-45-69(83(111)93-67(82(110)96-76)35-57-40-89-64-16-9-7-14-61(57)64)95-79(107)54-12-10-18-71(100)62(73(102)36-54)37-72(101)55(28-48(5)99)32-49-19-23-58(24-20-49)115-42-51/h6-9,13-16,19-26,29-31,39-40,46-47,54-55,62,65-71,76-77,88-89,100H,10-12,17-18,27-28,32-38,41-45H2,1-5H3,(H2,87,106)(H,90,108)(H,91,103)(H,92,112)(H,93,111)(H,94,113)(H,95,107)(H,96,110)(H,97,109)(H,104,105)/t54-,55+,62+,65+,66+,67+,68+,69+,70+,71-,76+,77+/m1/s1. The van der Waals surface area contributed by atoms with Gasteiger partial charge >= 0.3 is 5.97 Å². The van der Waals surface area contributed by atoms with Crippen molar-refractivity contribution in [3.63, 3.8) is 0 Å². The van der Waals surface area contributed by atoms with Gasteiger partial charge in [0.05, 0.1) is 25.0 Å². The van der Waals surface area contributed by atoms with E-state index in [-0.39, 0.29) is 94.8 Å². The van der Waals surface area contributed by atoms with Crippen LogP contribution in [0.25, 0.3) is 21.8 Å². The summed E-state index contributed by atoms with van der Waals surface area (Å²) >= 11 is 1.24. The fourth-order valence-corrected chi connectivity index (χ4v) is 16.6. The molecule has 2 aromatic heterocycles. The first-order valence-electron chi connectivity index (χ1n) is 39.7. The molecule has 0 spiro atoms. The Morgan fingerprint density at radius 3 is 1.69 bits per heavy atom. The number of carbonyl (C=O) groups excluding carboxylic acids is 13. The number of hydrogen-bond acceptors (Lipinski definition) is 18. The highest BCUT2D eigenvalue weighted by Gasteiger charge is 2.43. The third kappa shape index (κ3) is 23.1. The quantitative estimate of drug-likeness (QED) is 0.0780. The van der Waals surface area contributed by atoms with Gasteiger partial charge in [-0.15, -0.1) is 0 Å². The van der Waals surface area contributed by atoms with Gasteiger partial charge in [0.1, 0.15) is 90.4 Å². The molecule has 117 heavy (non-hydrogen) atoms. The first-order chi connectivity index (χ1) is 56.0. The molecule has 5 aliphatic heterocycles. The Hall–Kier alpha value is -11.7. The minimum atomic E-state index is -1.89. The van der Waals surface area contributed by atoms with Crippen LogP contribution < -0.4 is 57.7 Å². The molecule has 7 heterocycles. The number of nitrogens with zero attached hydrogens (tertiary/aromatic N) is 1. The zero-order chi connectivity index (χ0) is 83.7. The molecule has 7 aromatic rings. The van der Waals surface area contributed by atoms with Crippen molar-refractivity contribution in [1.82, 2.24) is 57.4 Å². The van der Waals surface area contributed by atoms with Gasteiger partial charge in [-0.2, -0.15) is 11.8 Å². The van der Waals surface area contributed by atoms with Gasteiger partial charge in [-0.05, 0) is 132 Å². The lowest BCUT2D eigenvalue weighted by Crippen LogP contribution is -2.61. The molecule has 5 aromatic carbocycles. The number of benzene rings is 5. The number of ketones is 3. The molecule has 30 nitrogen and oxygen atoms in total. The van der Waals surface area contributed by atoms with E-state index in [0.717, 1.165) is 5.56 Å². The lowest BCUT2D eigenvalue weighted by molar-refractivity contribution is -0.143.